The summed E-state index contributed by atoms with van der Waals surface area (Å²) in [6, 6.07) is 14.4. The second kappa shape index (κ2) is 15.0. The van der Waals surface area contributed by atoms with Crippen LogP contribution >= 0.6 is 11.6 Å². The Morgan fingerprint density at radius 3 is 2.43 bits per heavy atom. The average Bonchev–Trinajstić information content (AvgIpc) is 3.02. The van der Waals surface area contributed by atoms with Crippen molar-refractivity contribution in [2.45, 2.75) is 76.4 Å². The van der Waals surface area contributed by atoms with Gasteiger partial charge in [0.25, 0.3) is 15.7 Å². The highest BCUT2D eigenvalue weighted by molar-refractivity contribution is 7.92. The van der Waals surface area contributed by atoms with E-state index in [4.69, 9.17) is 16.3 Å². The largest absolute Gasteiger partial charge is 0.495 e. The van der Waals surface area contributed by atoms with E-state index in [2.05, 4.69) is 5.32 Å². The van der Waals surface area contributed by atoms with Crippen LogP contribution in [0, 0.1) is 24.0 Å². The Morgan fingerprint density at radius 1 is 1.07 bits per heavy atom. The molecule has 1 saturated carbocycles. The molecule has 1 aliphatic rings. The predicted octanol–water partition coefficient (Wildman–Crippen LogP) is 5.94. The quantitative estimate of drug-likeness (QED) is 0.186. The van der Waals surface area contributed by atoms with Crippen LogP contribution in [0.3, 0.4) is 0 Å². The smallest absolute Gasteiger partial charge is 0.273 e. The van der Waals surface area contributed by atoms with Crippen molar-refractivity contribution in [1.29, 1.82) is 0 Å². The number of carbonyl (C=O) groups excluding carboxylic acids is 2. The van der Waals surface area contributed by atoms with Crippen molar-refractivity contribution in [3.05, 3.63) is 92.5 Å². The minimum atomic E-state index is -4.61. The van der Waals surface area contributed by atoms with E-state index in [1.165, 1.54) is 49.3 Å². The second-order valence-corrected chi connectivity index (χ2v) is 13.9. The number of hydrogen-bond donors (Lipinski definition) is 1. The number of hydrogen-bond acceptors (Lipinski definition) is 7. The van der Waals surface area contributed by atoms with Gasteiger partial charge in [-0.15, -0.1) is 0 Å². The SMILES string of the molecule is COc1ccc(Cl)cc1N(CC(=O)N(Cc1cccc(C)c1)[C@H](C)C(=O)NC1CCCCC1)S(=O)(=O)c1ccc(C)c([N+](=O)[O-])c1. The second-order valence-electron chi connectivity index (χ2n) is 11.6. The van der Waals surface area contributed by atoms with Crippen LogP contribution in [0.5, 0.6) is 5.75 Å². The van der Waals surface area contributed by atoms with Gasteiger partial charge >= 0.3 is 0 Å². The number of sulfonamides is 1. The van der Waals surface area contributed by atoms with E-state index in [1.54, 1.807) is 6.92 Å². The first-order chi connectivity index (χ1) is 21.8. The predicted molar refractivity (Wildman–Crippen MR) is 177 cm³/mol. The van der Waals surface area contributed by atoms with Crippen molar-refractivity contribution >= 4 is 44.8 Å². The molecule has 46 heavy (non-hydrogen) atoms. The number of nitrogens with zero attached hydrogens (tertiary/aromatic N) is 3. The standard InChI is InChI=1S/C33H39ClN4O7S/c1-22-9-8-10-25(17-22)20-36(24(3)33(40)35-27-11-6-5-7-12-27)32(39)21-37(30-18-26(34)14-16-31(30)45-4)46(43,44)28-15-13-23(2)29(19-28)38(41)42/h8-10,13-19,24,27H,5-7,11-12,20-21H2,1-4H3,(H,35,40)/t24-/m1/s1. The normalized spacial score (nSPS) is 14.3. The molecular weight excluding hydrogens is 632 g/mol. The molecule has 1 N–H and O–H groups in total. The summed E-state index contributed by atoms with van der Waals surface area (Å²) >= 11 is 6.29. The maximum absolute atomic E-state index is 14.3. The van der Waals surface area contributed by atoms with Gasteiger partial charge in [-0.25, -0.2) is 8.42 Å². The number of nitro groups is 1. The van der Waals surface area contributed by atoms with E-state index >= 15 is 0 Å². The van der Waals surface area contributed by atoms with Crippen molar-refractivity contribution in [2.75, 3.05) is 18.0 Å². The van der Waals surface area contributed by atoms with Crippen LogP contribution in [0.15, 0.2) is 65.6 Å². The Bertz CT molecular complexity index is 1710. The molecule has 3 aromatic carbocycles. The average molecular weight is 671 g/mol. The third-order valence-electron chi connectivity index (χ3n) is 8.21. The van der Waals surface area contributed by atoms with Crippen LogP contribution in [0.1, 0.15) is 55.7 Å². The fraction of sp³-hybridized carbons (Fsp3) is 0.394. The van der Waals surface area contributed by atoms with Gasteiger partial charge in [0.1, 0.15) is 18.3 Å². The zero-order valence-electron chi connectivity index (χ0n) is 26.4. The highest BCUT2D eigenvalue weighted by Gasteiger charge is 2.35. The van der Waals surface area contributed by atoms with Crippen molar-refractivity contribution in [1.82, 2.24) is 10.2 Å². The first-order valence-corrected chi connectivity index (χ1v) is 16.9. The maximum Gasteiger partial charge on any atom is 0.273 e. The first-order valence-electron chi connectivity index (χ1n) is 15.1. The van der Waals surface area contributed by atoms with Gasteiger partial charge in [0, 0.05) is 29.2 Å². The number of nitrogens with one attached hydrogen (secondary N) is 1. The molecule has 13 heteroatoms. The molecule has 1 atom stereocenters. The van der Waals surface area contributed by atoms with Crippen LogP contribution in [0.2, 0.25) is 5.02 Å². The molecule has 0 aromatic heterocycles. The molecule has 246 valence electrons. The monoisotopic (exact) mass is 670 g/mol. The molecule has 0 heterocycles. The van der Waals surface area contributed by atoms with Gasteiger partial charge in [0.05, 0.1) is 22.6 Å². The van der Waals surface area contributed by atoms with E-state index in [9.17, 15) is 28.1 Å². The number of ether oxygens (including phenoxy) is 1. The van der Waals surface area contributed by atoms with E-state index in [-0.39, 0.29) is 46.2 Å². The van der Waals surface area contributed by atoms with E-state index < -0.39 is 38.3 Å². The van der Waals surface area contributed by atoms with Crippen LogP contribution < -0.4 is 14.4 Å². The molecular formula is C33H39ClN4O7S. The van der Waals surface area contributed by atoms with Crippen LogP contribution in [0.4, 0.5) is 11.4 Å². The van der Waals surface area contributed by atoms with E-state index in [0.29, 0.717) is 0 Å². The van der Waals surface area contributed by atoms with Crippen molar-refractivity contribution in [3.63, 3.8) is 0 Å². The molecule has 0 radical (unpaired) electrons. The zero-order chi connectivity index (χ0) is 33.6. The Kier molecular flexibility index (Phi) is 11.3. The van der Waals surface area contributed by atoms with Crippen LogP contribution in [-0.2, 0) is 26.2 Å². The van der Waals surface area contributed by atoms with Gasteiger partial charge in [0.2, 0.25) is 11.8 Å². The lowest BCUT2D eigenvalue weighted by atomic mass is 9.95. The Hall–Kier alpha value is -4.16. The summed E-state index contributed by atoms with van der Waals surface area (Å²) < 4.78 is 34.8. The third-order valence-corrected chi connectivity index (χ3v) is 10.2. The number of anilines is 1. The first kappa shape index (κ1) is 34.7. The highest BCUT2D eigenvalue weighted by atomic mass is 35.5. The lowest BCUT2D eigenvalue weighted by Gasteiger charge is -2.33. The molecule has 2 amide bonds. The van der Waals surface area contributed by atoms with Crippen molar-refractivity contribution in [3.8, 4) is 5.75 Å². The summed E-state index contributed by atoms with van der Waals surface area (Å²) in [5, 5.41) is 14.9. The minimum Gasteiger partial charge on any atom is -0.495 e. The Morgan fingerprint density at radius 2 is 1.78 bits per heavy atom. The number of methoxy groups -OCH3 is 1. The summed E-state index contributed by atoms with van der Waals surface area (Å²) in [6.45, 7) is 4.33. The number of carbonyl (C=O) groups is 2. The maximum atomic E-state index is 14.3. The molecule has 0 bridgehead atoms. The number of benzene rings is 3. The Labute approximate surface area is 274 Å². The van der Waals surface area contributed by atoms with Crippen LogP contribution in [0.25, 0.3) is 0 Å². The molecule has 11 nitrogen and oxygen atoms in total. The number of amides is 2. The number of rotatable bonds is 12. The summed E-state index contributed by atoms with van der Waals surface area (Å²) in [4.78, 5) is 39.8. The lowest BCUT2D eigenvalue weighted by molar-refractivity contribution is -0.385. The third kappa shape index (κ3) is 8.16. The summed E-state index contributed by atoms with van der Waals surface area (Å²) in [7, 11) is -3.27. The molecule has 3 aromatic rings. The van der Waals surface area contributed by atoms with Gasteiger partial charge in [-0.3, -0.25) is 24.0 Å². The zero-order valence-corrected chi connectivity index (χ0v) is 27.9. The number of nitro benzene ring substituents is 1. The molecule has 1 fully saturated rings. The van der Waals surface area contributed by atoms with Gasteiger partial charge in [0.15, 0.2) is 0 Å². The van der Waals surface area contributed by atoms with E-state index in [1.807, 2.05) is 31.2 Å². The Balaban J connectivity index is 1.78. The van der Waals surface area contributed by atoms with Crippen molar-refractivity contribution < 1.29 is 27.7 Å². The summed E-state index contributed by atoms with van der Waals surface area (Å²) in [5.74, 6) is -0.896. The fourth-order valence-electron chi connectivity index (χ4n) is 5.60. The molecule has 0 saturated heterocycles. The van der Waals surface area contributed by atoms with E-state index in [0.717, 1.165) is 53.6 Å². The van der Waals surface area contributed by atoms with Gasteiger partial charge in [-0.1, -0.05) is 66.8 Å². The number of aryl methyl sites for hydroxylation is 2. The van der Waals surface area contributed by atoms with Crippen molar-refractivity contribution in [2.24, 2.45) is 0 Å². The fourth-order valence-corrected chi connectivity index (χ4v) is 7.21. The highest BCUT2D eigenvalue weighted by Crippen LogP contribution is 2.36. The summed E-state index contributed by atoms with van der Waals surface area (Å²) in [6.07, 6.45) is 4.84. The molecule has 0 unspecified atom stereocenters. The topological polar surface area (TPSA) is 139 Å². The van der Waals surface area contributed by atoms with Gasteiger partial charge in [-0.05, 0) is 63.4 Å². The lowest BCUT2D eigenvalue weighted by Crippen LogP contribution is -2.53. The summed E-state index contributed by atoms with van der Waals surface area (Å²) in [5.41, 5.74) is 1.56. The van der Waals surface area contributed by atoms with Gasteiger partial charge in [-0.2, -0.15) is 0 Å². The number of halogens is 1. The molecule has 4 rings (SSSR count). The minimum absolute atomic E-state index is 0.00421. The van der Waals surface area contributed by atoms with Crippen LogP contribution in [-0.4, -0.2) is 55.8 Å². The van der Waals surface area contributed by atoms with Gasteiger partial charge < -0.3 is 15.0 Å². The molecule has 1 aliphatic carbocycles. The molecule has 0 spiro atoms. The molecule has 0 aliphatic heterocycles.